The monoisotopic (exact) mass is 206 g/mol. The van der Waals surface area contributed by atoms with Gasteiger partial charge in [-0.15, -0.1) is 11.6 Å². The first-order valence-corrected chi connectivity index (χ1v) is 3.86. The average molecular weight is 207 g/mol. The Hall–Kier alpha value is -1.02. The van der Waals surface area contributed by atoms with Crippen LogP contribution >= 0.6 is 11.6 Å². The summed E-state index contributed by atoms with van der Waals surface area (Å²) in [5, 5.41) is 2.04. The summed E-state index contributed by atoms with van der Waals surface area (Å²) in [6.45, 7) is -5.90. The van der Waals surface area contributed by atoms with E-state index in [1.165, 1.54) is 0 Å². The molecule has 1 amide bonds. The van der Waals surface area contributed by atoms with Crippen molar-refractivity contribution in [2.75, 3.05) is 11.2 Å². The van der Waals surface area contributed by atoms with Gasteiger partial charge in [0, 0.05) is 13.9 Å². The highest BCUT2D eigenvalue weighted by atomic mass is 35.5. The zero-order chi connectivity index (χ0) is 17.5. The molecule has 3 heteroatoms. The Bertz CT molecular complexity index is 567. The number of rotatable bonds is 2. The molecule has 0 atom stereocenters. The third-order valence-corrected chi connectivity index (χ3v) is 1.50. The van der Waals surface area contributed by atoms with Crippen LogP contribution in [0.15, 0.2) is 18.1 Å². The molecule has 0 unspecified atom stereocenters. The first kappa shape index (κ1) is 3.28. The maximum atomic E-state index is 11.5. The Kier molecular flexibility index (Phi) is 1.08. The van der Waals surface area contributed by atoms with E-state index >= 15 is 0 Å². The van der Waals surface area contributed by atoms with Gasteiger partial charge >= 0.3 is 0 Å². The zero-order valence-electron chi connectivity index (χ0n) is 15.5. The topological polar surface area (TPSA) is 29.1 Å². The quantitative estimate of drug-likeness (QED) is 0.741. The Morgan fingerprint density at radius 1 is 1.62 bits per heavy atom. The minimum absolute atomic E-state index is 0.565. The first-order valence-electron chi connectivity index (χ1n) is 7.82. The number of carbonyl (C=O) groups excluding carboxylic acids is 1. The molecule has 0 aliphatic carbocycles. The highest BCUT2D eigenvalue weighted by molar-refractivity contribution is 6.29. The number of hydrogen-bond acceptors (Lipinski definition) is 1. The van der Waals surface area contributed by atoms with Gasteiger partial charge in [-0.2, -0.15) is 0 Å². The van der Waals surface area contributed by atoms with Crippen LogP contribution in [0.1, 0.15) is 23.5 Å². The van der Waals surface area contributed by atoms with Crippen molar-refractivity contribution in [2.45, 2.75) is 13.7 Å². The van der Waals surface area contributed by atoms with Crippen molar-refractivity contribution in [1.29, 1.82) is 0 Å². The van der Waals surface area contributed by atoms with E-state index in [0.717, 1.165) is 0 Å². The Morgan fingerprint density at radius 3 is 2.69 bits per heavy atom. The second kappa shape index (κ2) is 4.28. The summed E-state index contributed by atoms with van der Waals surface area (Å²) in [5.74, 6) is -1.45. The van der Waals surface area contributed by atoms with Crippen LogP contribution in [0.4, 0.5) is 5.69 Å². The van der Waals surface area contributed by atoms with E-state index in [4.69, 9.17) is 23.9 Å². The molecular formula is C10H12ClNO. The lowest BCUT2D eigenvalue weighted by Gasteiger charge is -2.09. The lowest BCUT2D eigenvalue weighted by Crippen LogP contribution is -2.14. The predicted octanol–water partition coefficient (Wildman–Crippen LogP) is 2.48. The average Bonchev–Trinajstić information content (AvgIpc) is 2.32. The number of benzene rings is 1. The first-order chi connectivity index (χ1) is 9.82. The van der Waals surface area contributed by atoms with Crippen LogP contribution in [0.2, 0.25) is 0 Å². The highest BCUT2D eigenvalue weighted by Gasteiger charge is 2.04. The molecule has 0 saturated carbocycles. The minimum Gasteiger partial charge on any atom is -0.325 e. The van der Waals surface area contributed by atoms with Gasteiger partial charge in [0.05, 0.1) is 4.11 Å². The lowest BCUT2D eigenvalue weighted by molar-refractivity contribution is -0.113. The summed E-state index contributed by atoms with van der Waals surface area (Å²) in [4.78, 5) is 11.5. The maximum absolute atomic E-state index is 11.5. The maximum Gasteiger partial charge on any atom is 0.239 e. The van der Waals surface area contributed by atoms with Gasteiger partial charge < -0.3 is 5.32 Å². The van der Waals surface area contributed by atoms with Crippen molar-refractivity contribution in [3.8, 4) is 0 Å². The van der Waals surface area contributed by atoms with Crippen LogP contribution in [0.5, 0.6) is 0 Å². The van der Waals surface area contributed by atoms with Gasteiger partial charge in [0.25, 0.3) is 0 Å². The van der Waals surface area contributed by atoms with Gasteiger partial charge in [0.15, 0.2) is 0 Å². The van der Waals surface area contributed by atoms with Gasteiger partial charge in [-0.05, 0) is 24.8 Å². The summed E-state index contributed by atoms with van der Waals surface area (Å²) in [5.41, 5.74) is -2.26. The van der Waals surface area contributed by atoms with Crippen molar-refractivity contribution in [1.82, 2.24) is 0 Å². The summed E-state index contributed by atoms with van der Waals surface area (Å²) >= 11 is 5.32. The van der Waals surface area contributed by atoms with Gasteiger partial charge in [-0.1, -0.05) is 18.1 Å². The van der Waals surface area contributed by atoms with E-state index in [9.17, 15) is 4.79 Å². The van der Waals surface area contributed by atoms with Gasteiger partial charge in [0.2, 0.25) is 5.91 Å². The Balaban J connectivity index is 3.90. The minimum atomic E-state index is -2.95. The molecule has 0 heterocycles. The van der Waals surface area contributed by atoms with Crippen molar-refractivity contribution >= 4 is 23.2 Å². The lowest BCUT2D eigenvalue weighted by atomic mass is 10.1. The third kappa shape index (κ3) is 2.46. The van der Waals surface area contributed by atoms with Gasteiger partial charge in [-0.25, -0.2) is 0 Å². The normalized spacial score (nSPS) is 21.8. The number of amides is 1. The van der Waals surface area contributed by atoms with E-state index in [0.29, 0.717) is 0 Å². The Morgan fingerprint density at radius 2 is 2.23 bits per heavy atom. The molecule has 0 aromatic heterocycles. The molecule has 1 aromatic carbocycles. The van der Waals surface area contributed by atoms with E-state index < -0.39 is 60.4 Å². The fourth-order valence-electron chi connectivity index (χ4n) is 0.704. The molecule has 0 aliphatic heterocycles. The molecule has 0 spiro atoms. The number of carbonyl (C=O) groups is 1. The molecule has 0 aliphatic rings. The van der Waals surface area contributed by atoms with Crippen LogP contribution < -0.4 is 5.32 Å². The second-order valence-electron chi connectivity index (χ2n) is 2.18. The van der Waals surface area contributed by atoms with Crippen LogP contribution in [-0.2, 0) is 4.79 Å². The van der Waals surface area contributed by atoms with E-state index in [1.54, 1.807) is 0 Å². The molecule has 13 heavy (non-hydrogen) atoms. The Labute approximate surface area is 95.6 Å². The zero-order valence-corrected chi connectivity index (χ0v) is 7.25. The molecule has 2 nitrogen and oxygen atoms in total. The predicted molar refractivity (Wildman–Crippen MR) is 55.3 cm³/mol. The number of anilines is 1. The molecular weight excluding hydrogens is 186 g/mol. The molecule has 70 valence electrons. The molecule has 0 radical (unpaired) electrons. The van der Waals surface area contributed by atoms with Crippen molar-refractivity contribution in [3.63, 3.8) is 0 Å². The highest BCUT2D eigenvalue weighted by Crippen LogP contribution is 2.19. The largest absolute Gasteiger partial charge is 0.325 e. The molecule has 0 bridgehead atoms. The summed E-state index contributed by atoms with van der Waals surface area (Å²) in [6.07, 6.45) is 0. The fraction of sp³-hybridized carbons (Fsp3) is 0.300. The summed E-state index contributed by atoms with van der Waals surface area (Å²) < 4.78 is 67.5. The van der Waals surface area contributed by atoms with E-state index in [1.807, 2.05) is 5.32 Å². The van der Waals surface area contributed by atoms with E-state index in [-0.39, 0.29) is 0 Å². The molecule has 1 N–H and O–H groups in total. The smallest absolute Gasteiger partial charge is 0.239 e. The van der Waals surface area contributed by atoms with E-state index in [2.05, 4.69) is 0 Å². The number of para-hydroxylation sites is 1. The van der Waals surface area contributed by atoms with Gasteiger partial charge in [-0.3, -0.25) is 4.79 Å². The number of halogens is 1. The third-order valence-electron chi connectivity index (χ3n) is 1.26. The van der Waals surface area contributed by atoms with Crippen LogP contribution in [0.3, 0.4) is 0 Å². The van der Waals surface area contributed by atoms with Crippen molar-refractivity contribution in [2.24, 2.45) is 0 Å². The van der Waals surface area contributed by atoms with Crippen molar-refractivity contribution in [3.05, 3.63) is 29.3 Å². The SMILES string of the molecule is [2H]c1c([2H])c(C([2H])([2H])[2H])c(NC(=O)CCl)c(C([2H])([2H])[2H])c1[2H]. The van der Waals surface area contributed by atoms with Crippen LogP contribution in [0.25, 0.3) is 0 Å². The summed E-state index contributed by atoms with van der Waals surface area (Å²) in [7, 11) is 0. The van der Waals surface area contributed by atoms with Crippen molar-refractivity contribution < 1.29 is 17.1 Å². The summed E-state index contributed by atoms with van der Waals surface area (Å²) in [6, 6.07) is -2.49. The van der Waals surface area contributed by atoms with Gasteiger partial charge in [0.1, 0.15) is 5.88 Å². The number of hydrogen-bond donors (Lipinski definition) is 1. The number of nitrogens with one attached hydrogen (secondary N) is 1. The van der Waals surface area contributed by atoms with Crippen LogP contribution in [0, 0.1) is 13.7 Å². The molecule has 0 saturated heterocycles. The molecule has 0 fully saturated rings. The molecule has 1 aromatic rings. The number of alkyl halides is 1. The second-order valence-corrected chi connectivity index (χ2v) is 2.45. The fourth-order valence-corrected chi connectivity index (χ4v) is 0.771. The molecule has 1 rings (SSSR count). The van der Waals surface area contributed by atoms with Crippen LogP contribution in [-0.4, -0.2) is 11.8 Å². The standard InChI is InChI=1S/C10H12ClNO/c1-7-4-3-5-8(2)10(7)12-9(13)6-11/h3-5H,6H2,1-2H3,(H,12,13)/i1D3,2D3,3D,4D,5D.